The van der Waals surface area contributed by atoms with Crippen molar-refractivity contribution in [2.45, 2.75) is 52.3 Å². The number of rotatable bonds is 2. The number of aromatic nitrogens is 2. The Labute approximate surface area is 228 Å². The summed E-state index contributed by atoms with van der Waals surface area (Å²) in [5.74, 6) is 0.790. The highest BCUT2D eigenvalue weighted by molar-refractivity contribution is 5.91. The monoisotopic (exact) mass is 502 g/mol. The Hall–Kier alpha value is -4.18. The summed E-state index contributed by atoms with van der Waals surface area (Å²) < 4.78 is 23.7. The summed E-state index contributed by atoms with van der Waals surface area (Å²) in [6.45, 7) is 8.76. The predicted octanol–water partition coefficient (Wildman–Crippen LogP) is 8.72. The van der Waals surface area contributed by atoms with Gasteiger partial charge in [0.2, 0.25) is 0 Å². The van der Waals surface area contributed by atoms with Gasteiger partial charge in [0, 0.05) is 26.7 Å². The maximum atomic E-state index is 10.6. The van der Waals surface area contributed by atoms with Crippen LogP contribution in [-0.4, -0.2) is 15.1 Å². The third kappa shape index (κ3) is 3.75. The molecule has 0 fully saturated rings. The van der Waals surface area contributed by atoms with Gasteiger partial charge < -0.3 is 5.11 Å². The normalized spacial score (nSPS) is 15.8. The summed E-state index contributed by atoms with van der Waals surface area (Å²) >= 11 is 0. The first-order valence-corrected chi connectivity index (χ1v) is 12.9. The van der Waals surface area contributed by atoms with Crippen LogP contribution in [0.3, 0.4) is 0 Å². The van der Waals surface area contributed by atoms with Crippen LogP contribution in [0.2, 0.25) is 0 Å². The molecule has 6 rings (SSSR count). The molecule has 5 aromatic rings. The molecule has 1 aliphatic rings. The molecule has 3 heterocycles. The highest BCUT2D eigenvalue weighted by Gasteiger charge is 2.37. The van der Waals surface area contributed by atoms with Gasteiger partial charge in [-0.2, -0.15) is 0 Å². The van der Waals surface area contributed by atoms with Gasteiger partial charge in [-0.15, -0.1) is 0 Å². The molecule has 0 unspecified atom stereocenters. The van der Waals surface area contributed by atoms with Crippen LogP contribution in [0.1, 0.15) is 61.0 Å². The van der Waals surface area contributed by atoms with Gasteiger partial charge in [0.05, 0.1) is 17.1 Å². The lowest BCUT2D eigenvalue weighted by molar-refractivity contribution is 0.480. The van der Waals surface area contributed by atoms with E-state index in [1.165, 1.54) is 23.3 Å². The van der Waals surface area contributed by atoms with Crippen LogP contribution >= 0.6 is 0 Å². The highest BCUT2D eigenvalue weighted by atomic mass is 16.3. The Morgan fingerprint density at radius 2 is 1.66 bits per heavy atom. The lowest BCUT2D eigenvalue weighted by Gasteiger charge is -2.42. The molecule has 0 aliphatic carbocycles. The summed E-state index contributed by atoms with van der Waals surface area (Å²) in [6, 6.07) is 25.4. The number of benzene rings is 3. The number of hydrogen-bond donors (Lipinski definition) is 1. The second-order valence-electron chi connectivity index (χ2n) is 11.6. The summed E-state index contributed by atoms with van der Waals surface area (Å²) in [5.41, 5.74) is 7.31. The number of nitrogens with zero attached hydrogens (tertiary/aromatic N) is 3. The Morgan fingerprint density at radius 3 is 2.45 bits per heavy atom. The van der Waals surface area contributed by atoms with E-state index in [9.17, 15) is 5.11 Å². The van der Waals surface area contributed by atoms with Crippen LogP contribution in [0.15, 0.2) is 85.1 Å². The fourth-order valence-corrected chi connectivity index (χ4v) is 5.49. The Balaban J connectivity index is 1.57. The molecule has 0 amide bonds. The zero-order chi connectivity index (χ0) is 29.3. The van der Waals surface area contributed by atoms with E-state index in [2.05, 4.69) is 88.0 Å². The van der Waals surface area contributed by atoms with Crippen molar-refractivity contribution in [2.75, 3.05) is 4.90 Å². The van der Waals surface area contributed by atoms with Crippen molar-refractivity contribution in [1.29, 1.82) is 0 Å². The molecule has 0 saturated carbocycles. The molecule has 0 bridgehead atoms. The maximum Gasteiger partial charge on any atom is 0.141 e. The van der Waals surface area contributed by atoms with Gasteiger partial charge in [-0.3, -0.25) is 4.90 Å². The molecule has 0 spiro atoms. The number of anilines is 3. The molecule has 3 aromatic carbocycles. The van der Waals surface area contributed by atoms with Crippen molar-refractivity contribution < 1.29 is 9.22 Å². The molecule has 0 atom stereocenters. The van der Waals surface area contributed by atoms with Gasteiger partial charge >= 0.3 is 0 Å². The zero-order valence-electron chi connectivity index (χ0n) is 25.4. The lowest BCUT2D eigenvalue weighted by Crippen LogP contribution is -2.31. The van der Waals surface area contributed by atoms with Crippen molar-refractivity contribution >= 4 is 28.1 Å². The summed E-state index contributed by atoms with van der Waals surface area (Å²) in [7, 11) is 0. The van der Waals surface area contributed by atoms with Crippen LogP contribution < -0.4 is 4.90 Å². The van der Waals surface area contributed by atoms with E-state index in [4.69, 9.17) is 14.1 Å². The molecular weight excluding hydrogens is 466 g/mol. The average Bonchev–Trinajstić information content (AvgIpc) is 2.92. The number of para-hydroxylation sites is 1. The lowest BCUT2D eigenvalue weighted by atomic mass is 9.73. The molecule has 4 nitrogen and oxygen atoms in total. The Kier molecular flexibility index (Phi) is 4.62. The standard InChI is InChI=1S/C34H33N3O/c1-21-11-16-30(38)32-24(21)13-15-27(36-32)22-12-14-26-29(19-22)37(28-10-8-7-9-25(28)34(26,5)6)31-20-23(17-18-35-31)33(2,3)4/h7-20,38H,1-6H3/i1D3. The van der Waals surface area contributed by atoms with Gasteiger partial charge in [-0.1, -0.05) is 77.1 Å². The minimum absolute atomic E-state index is 0.0401. The number of pyridine rings is 2. The number of phenols is 1. The SMILES string of the molecule is [2H]C([2H])([2H])c1ccc(O)c2nc(-c3ccc4c(c3)N(c3cc(C(C)(C)C)ccn3)c3ccccc3C4(C)C)ccc12. The first kappa shape index (κ1) is 20.8. The summed E-state index contributed by atoms with van der Waals surface area (Å²) in [5, 5.41) is 11.0. The van der Waals surface area contributed by atoms with E-state index < -0.39 is 6.85 Å². The third-order valence-corrected chi connectivity index (χ3v) is 7.70. The third-order valence-electron chi connectivity index (χ3n) is 7.70. The number of aryl methyl sites for hydroxylation is 1. The van der Waals surface area contributed by atoms with Crippen molar-refractivity contribution in [1.82, 2.24) is 9.97 Å². The minimum Gasteiger partial charge on any atom is -0.506 e. The van der Waals surface area contributed by atoms with Crippen LogP contribution in [0.25, 0.3) is 22.2 Å². The second-order valence-corrected chi connectivity index (χ2v) is 11.6. The molecule has 190 valence electrons. The molecule has 4 heteroatoms. The van der Waals surface area contributed by atoms with Crippen LogP contribution in [0.5, 0.6) is 5.75 Å². The number of hydrogen-bond acceptors (Lipinski definition) is 4. The highest BCUT2D eigenvalue weighted by Crippen LogP contribution is 2.52. The maximum absolute atomic E-state index is 10.6. The van der Waals surface area contributed by atoms with E-state index in [0.717, 1.165) is 28.3 Å². The molecule has 1 aliphatic heterocycles. The summed E-state index contributed by atoms with van der Waals surface area (Å²) in [4.78, 5) is 11.8. The summed E-state index contributed by atoms with van der Waals surface area (Å²) in [6.07, 6.45) is 1.87. The van der Waals surface area contributed by atoms with Gasteiger partial charge in [0.15, 0.2) is 0 Å². The largest absolute Gasteiger partial charge is 0.506 e. The number of phenolic OH excluding ortho intramolecular Hbond substituents is 1. The molecule has 0 radical (unpaired) electrons. The molecule has 38 heavy (non-hydrogen) atoms. The minimum atomic E-state index is -2.31. The zero-order valence-corrected chi connectivity index (χ0v) is 22.4. The smallest absolute Gasteiger partial charge is 0.141 e. The molecule has 1 N–H and O–H groups in total. The Morgan fingerprint density at radius 1 is 0.868 bits per heavy atom. The molecule has 2 aromatic heterocycles. The number of aromatic hydroxyl groups is 1. The van der Waals surface area contributed by atoms with Gasteiger partial charge in [0.25, 0.3) is 0 Å². The fraction of sp³-hybridized carbons (Fsp3) is 0.235. The number of fused-ring (bicyclic) bond motifs is 3. The van der Waals surface area contributed by atoms with Gasteiger partial charge in [-0.25, -0.2) is 9.97 Å². The first-order valence-electron chi connectivity index (χ1n) is 14.4. The predicted molar refractivity (Wildman–Crippen MR) is 157 cm³/mol. The quantitative estimate of drug-likeness (QED) is 0.262. The average molecular weight is 503 g/mol. The van der Waals surface area contributed by atoms with Gasteiger partial charge in [-0.05, 0) is 70.9 Å². The fourth-order valence-electron chi connectivity index (χ4n) is 5.49. The molecule has 0 saturated heterocycles. The van der Waals surface area contributed by atoms with Crippen molar-refractivity contribution in [3.63, 3.8) is 0 Å². The topological polar surface area (TPSA) is 49.3 Å². The van der Waals surface area contributed by atoms with Crippen LogP contribution in [0, 0.1) is 6.85 Å². The van der Waals surface area contributed by atoms with Crippen molar-refractivity contribution in [3.05, 3.63) is 107 Å². The van der Waals surface area contributed by atoms with Crippen molar-refractivity contribution in [3.8, 4) is 17.0 Å². The van der Waals surface area contributed by atoms with Gasteiger partial charge in [0.1, 0.15) is 17.1 Å². The van der Waals surface area contributed by atoms with Crippen LogP contribution in [0.4, 0.5) is 17.2 Å². The van der Waals surface area contributed by atoms with Crippen molar-refractivity contribution in [2.24, 2.45) is 0 Å². The van der Waals surface area contributed by atoms with E-state index >= 15 is 0 Å². The van der Waals surface area contributed by atoms with Crippen LogP contribution in [-0.2, 0) is 10.8 Å². The Bertz CT molecular complexity index is 1820. The van der Waals surface area contributed by atoms with E-state index in [1.54, 1.807) is 6.07 Å². The van der Waals surface area contributed by atoms with E-state index in [1.807, 2.05) is 18.3 Å². The molecular formula is C34H33N3O. The second kappa shape index (κ2) is 8.42. The van der Waals surface area contributed by atoms with E-state index in [-0.39, 0.29) is 27.7 Å². The first-order chi connectivity index (χ1) is 19.3. The van der Waals surface area contributed by atoms with E-state index in [0.29, 0.717) is 11.1 Å².